The van der Waals surface area contributed by atoms with Gasteiger partial charge < -0.3 is 24.8 Å². The second-order valence-corrected chi connectivity index (χ2v) is 7.20. The van der Waals surface area contributed by atoms with Crippen LogP contribution in [0, 0.1) is 5.92 Å². The number of hydrogen-bond donors (Lipinski definition) is 2. The van der Waals surface area contributed by atoms with Crippen molar-refractivity contribution in [3.63, 3.8) is 0 Å². The van der Waals surface area contributed by atoms with Crippen molar-refractivity contribution in [1.29, 1.82) is 0 Å². The first-order valence-electron chi connectivity index (χ1n) is 9.07. The number of para-hydroxylation sites is 1. The molecule has 0 unspecified atom stereocenters. The smallest absolute Gasteiger partial charge is 0.237 e. The Morgan fingerprint density at radius 1 is 1.21 bits per heavy atom. The van der Waals surface area contributed by atoms with E-state index in [1.54, 1.807) is 25.3 Å². The van der Waals surface area contributed by atoms with Crippen LogP contribution in [0.25, 0.3) is 0 Å². The number of fused-ring (bicyclic) bond motifs is 4. The van der Waals surface area contributed by atoms with Gasteiger partial charge in [-0.3, -0.25) is 9.59 Å². The van der Waals surface area contributed by atoms with Gasteiger partial charge in [-0.2, -0.15) is 0 Å². The Hall–Kier alpha value is -3.22. The van der Waals surface area contributed by atoms with Crippen molar-refractivity contribution in [1.82, 2.24) is 5.32 Å². The first-order valence-corrected chi connectivity index (χ1v) is 9.07. The first-order chi connectivity index (χ1) is 13.4. The Kier molecular flexibility index (Phi) is 4.37. The molecule has 0 aromatic heterocycles. The molecule has 2 N–H and O–H groups in total. The number of carbonyl (C=O) groups excluding carboxylic acids is 2. The molecule has 0 radical (unpaired) electrons. The minimum atomic E-state index is -0.881. The molecule has 2 aliphatic rings. The maximum Gasteiger partial charge on any atom is 0.237 e. The van der Waals surface area contributed by atoms with E-state index in [0.717, 1.165) is 5.56 Å². The summed E-state index contributed by atoms with van der Waals surface area (Å²) < 4.78 is 16.5. The van der Waals surface area contributed by atoms with Gasteiger partial charge in [0.25, 0.3) is 0 Å². The van der Waals surface area contributed by atoms with E-state index in [9.17, 15) is 9.59 Å². The SMILES string of the molecule is COc1ccc(OC)c(NC(=O)[C@H]2C(=O)N[C@@]3(C)C[C@H]2c2ccccc2O3)c1. The summed E-state index contributed by atoms with van der Waals surface area (Å²) in [7, 11) is 3.06. The quantitative estimate of drug-likeness (QED) is 0.794. The van der Waals surface area contributed by atoms with Gasteiger partial charge in [-0.05, 0) is 30.7 Å². The van der Waals surface area contributed by atoms with Gasteiger partial charge in [0, 0.05) is 18.4 Å². The van der Waals surface area contributed by atoms with E-state index in [1.165, 1.54) is 7.11 Å². The van der Waals surface area contributed by atoms with Crippen molar-refractivity contribution in [2.45, 2.75) is 25.0 Å². The zero-order valence-electron chi connectivity index (χ0n) is 15.9. The zero-order valence-corrected chi connectivity index (χ0v) is 15.9. The molecule has 2 aromatic carbocycles. The highest BCUT2D eigenvalue weighted by atomic mass is 16.5. The normalized spacial score (nSPS) is 25.0. The van der Waals surface area contributed by atoms with Crippen LogP contribution in [0.15, 0.2) is 42.5 Å². The minimum Gasteiger partial charge on any atom is -0.497 e. The van der Waals surface area contributed by atoms with E-state index in [4.69, 9.17) is 14.2 Å². The Balaban J connectivity index is 1.68. The Morgan fingerprint density at radius 3 is 2.75 bits per heavy atom. The number of amides is 2. The number of rotatable bonds is 4. The lowest BCUT2D eigenvalue weighted by atomic mass is 9.74. The summed E-state index contributed by atoms with van der Waals surface area (Å²) in [6, 6.07) is 12.6. The van der Waals surface area contributed by atoms with Crippen molar-refractivity contribution in [2.75, 3.05) is 19.5 Å². The number of ether oxygens (including phenoxy) is 3. The van der Waals surface area contributed by atoms with E-state index in [-0.39, 0.29) is 11.8 Å². The highest BCUT2D eigenvalue weighted by Crippen LogP contribution is 2.47. The van der Waals surface area contributed by atoms with E-state index < -0.39 is 17.6 Å². The highest BCUT2D eigenvalue weighted by molar-refractivity contribution is 6.08. The number of methoxy groups -OCH3 is 2. The van der Waals surface area contributed by atoms with Crippen molar-refractivity contribution in [3.05, 3.63) is 48.0 Å². The lowest BCUT2D eigenvalue weighted by Crippen LogP contribution is -2.62. The molecule has 0 spiro atoms. The molecule has 4 rings (SSSR count). The fraction of sp³-hybridized carbons (Fsp3) is 0.333. The van der Waals surface area contributed by atoms with Crippen LogP contribution in [0.2, 0.25) is 0 Å². The molecule has 2 bridgehead atoms. The predicted octanol–water partition coefficient (Wildman–Crippen LogP) is 2.67. The van der Waals surface area contributed by atoms with E-state index >= 15 is 0 Å². The second kappa shape index (κ2) is 6.74. The molecular weight excluding hydrogens is 360 g/mol. The monoisotopic (exact) mass is 382 g/mol. The van der Waals surface area contributed by atoms with Crippen molar-refractivity contribution in [3.8, 4) is 17.2 Å². The topological polar surface area (TPSA) is 85.9 Å². The summed E-state index contributed by atoms with van der Waals surface area (Å²) in [5.41, 5.74) is 0.501. The third-order valence-electron chi connectivity index (χ3n) is 5.28. The molecule has 2 heterocycles. The van der Waals surface area contributed by atoms with Gasteiger partial charge in [-0.1, -0.05) is 18.2 Å². The van der Waals surface area contributed by atoms with E-state index in [1.807, 2.05) is 31.2 Å². The molecule has 1 saturated heterocycles. The fourth-order valence-corrected chi connectivity index (χ4v) is 4.01. The van der Waals surface area contributed by atoms with E-state index in [0.29, 0.717) is 29.4 Å². The maximum absolute atomic E-state index is 13.2. The number of carbonyl (C=O) groups is 2. The summed E-state index contributed by atoms with van der Waals surface area (Å²) in [6.07, 6.45) is 0.517. The van der Waals surface area contributed by atoms with Crippen LogP contribution in [-0.4, -0.2) is 31.8 Å². The van der Waals surface area contributed by atoms with Gasteiger partial charge in [0.2, 0.25) is 11.8 Å². The highest BCUT2D eigenvalue weighted by Gasteiger charge is 2.51. The van der Waals surface area contributed by atoms with Crippen LogP contribution in [0.1, 0.15) is 24.8 Å². The van der Waals surface area contributed by atoms with Gasteiger partial charge in [-0.15, -0.1) is 0 Å². The number of benzene rings is 2. The average molecular weight is 382 g/mol. The number of piperidine rings is 1. The van der Waals surface area contributed by atoms with Crippen molar-refractivity contribution >= 4 is 17.5 Å². The van der Waals surface area contributed by atoms with Crippen molar-refractivity contribution in [2.24, 2.45) is 5.92 Å². The molecule has 0 saturated carbocycles. The zero-order chi connectivity index (χ0) is 19.9. The van der Waals surface area contributed by atoms with Crippen LogP contribution in [-0.2, 0) is 9.59 Å². The number of anilines is 1. The standard InChI is InChI=1S/C21H22N2O5/c1-21-11-14(13-6-4-5-7-16(13)28-21)18(20(25)23-21)19(24)22-15-10-12(26-2)8-9-17(15)27-3/h4-10,14,18H,11H2,1-3H3,(H,22,24)(H,23,25)/t14-,18-,21+/m0/s1. The summed E-state index contributed by atoms with van der Waals surface area (Å²) in [6.45, 7) is 1.83. The predicted molar refractivity (Wildman–Crippen MR) is 103 cm³/mol. The molecule has 0 aliphatic carbocycles. The second-order valence-electron chi connectivity index (χ2n) is 7.20. The van der Waals surface area contributed by atoms with Crippen LogP contribution < -0.4 is 24.8 Å². The molecule has 1 fully saturated rings. The Morgan fingerprint density at radius 2 is 2.00 bits per heavy atom. The summed E-state index contributed by atoms with van der Waals surface area (Å²) in [5.74, 6) is -0.150. The van der Waals surface area contributed by atoms with E-state index in [2.05, 4.69) is 10.6 Å². The number of hydrogen-bond acceptors (Lipinski definition) is 5. The van der Waals surface area contributed by atoms with Gasteiger partial charge in [0.05, 0.1) is 19.9 Å². The largest absolute Gasteiger partial charge is 0.497 e. The molecule has 2 aromatic rings. The Labute approximate surface area is 163 Å². The molecule has 146 valence electrons. The molecular formula is C21H22N2O5. The van der Waals surface area contributed by atoms with Crippen LogP contribution in [0.5, 0.6) is 17.2 Å². The fourth-order valence-electron chi connectivity index (χ4n) is 4.01. The summed E-state index contributed by atoms with van der Waals surface area (Å²) in [5, 5.41) is 5.69. The lowest BCUT2D eigenvalue weighted by molar-refractivity contribution is -0.145. The molecule has 3 atom stereocenters. The molecule has 7 nitrogen and oxygen atoms in total. The lowest BCUT2D eigenvalue weighted by Gasteiger charge is -2.46. The van der Waals surface area contributed by atoms with Gasteiger partial charge in [-0.25, -0.2) is 0 Å². The minimum absolute atomic E-state index is 0.277. The summed E-state index contributed by atoms with van der Waals surface area (Å²) in [4.78, 5) is 26.0. The van der Waals surface area contributed by atoms with Gasteiger partial charge in [0.15, 0.2) is 5.72 Å². The van der Waals surface area contributed by atoms with Crippen LogP contribution >= 0.6 is 0 Å². The van der Waals surface area contributed by atoms with Crippen LogP contribution in [0.3, 0.4) is 0 Å². The third kappa shape index (κ3) is 3.02. The van der Waals surface area contributed by atoms with Gasteiger partial charge >= 0.3 is 0 Å². The average Bonchev–Trinajstić information content (AvgIpc) is 2.67. The summed E-state index contributed by atoms with van der Waals surface area (Å²) >= 11 is 0. The molecule has 7 heteroatoms. The first kappa shape index (κ1) is 18.2. The number of nitrogens with one attached hydrogen (secondary N) is 2. The Bertz CT molecular complexity index is 944. The molecule has 28 heavy (non-hydrogen) atoms. The molecule has 2 amide bonds. The molecule has 2 aliphatic heterocycles. The van der Waals surface area contributed by atoms with Gasteiger partial charge in [0.1, 0.15) is 23.2 Å². The third-order valence-corrected chi connectivity index (χ3v) is 5.28. The maximum atomic E-state index is 13.2. The van der Waals surface area contributed by atoms with Crippen LogP contribution in [0.4, 0.5) is 5.69 Å². The van der Waals surface area contributed by atoms with Crippen molar-refractivity contribution < 1.29 is 23.8 Å².